The Morgan fingerprint density at radius 2 is 1.63 bits per heavy atom. The van der Waals surface area contributed by atoms with Crippen molar-refractivity contribution in [2.75, 3.05) is 41.2 Å². The van der Waals surface area contributed by atoms with E-state index in [1.807, 2.05) is 25.1 Å². The first-order valence-corrected chi connectivity index (χ1v) is 9.56. The summed E-state index contributed by atoms with van der Waals surface area (Å²) >= 11 is 0. The Hall–Kier alpha value is -3.19. The van der Waals surface area contributed by atoms with Gasteiger partial charge in [-0.15, -0.1) is 0 Å². The topological polar surface area (TPSA) is 75.3 Å². The molecule has 1 unspecified atom stereocenters. The van der Waals surface area contributed by atoms with Crippen LogP contribution in [-0.2, 0) is 4.74 Å². The molecular formula is C23H29NO6. The number of benzene rings is 2. The van der Waals surface area contributed by atoms with Gasteiger partial charge in [-0.25, -0.2) is 0 Å². The van der Waals surface area contributed by atoms with Crippen LogP contribution in [0.25, 0.3) is 0 Å². The predicted molar refractivity (Wildman–Crippen MR) is 115 cm³/mol. The minimum absolute atomic E-state index is 0.226. The molecule has 0 saturated carbocycles. The molecule has 1 N–H and O–H groups in total. The summed E-state index contributed by atoms with van der Waals surface area (Å²) in [7, 11) is 4.72. The quantitative estimate of drug-likeness (QED) is 0.420. The van der Waals surface area contributed by atoms with Crippen LogP contribution in [0.15, 0.2) is 49.1 Å². The molecule has 0 spiro atoms. The fourth-order valence-electron chi connectivity index (χ4n) is 2.75. The summed E-state index contributed by atoms with van der Waals surface area (Å²) in [6.07, 6.45) is 1.64. The van der Waals surface area contributed by atoms with Gasteiger partial charge >= 0.3 is 0 Å². The van der Waals surface area contributed by atoms with Gasteiger partial charge in [0.25, 0.3) is 5.91 Å². The highest BCUT2D eigenvalue weighted by atomic mass is 16.5. The van der Waals surface area contributed by atoms with Crippen molar-refractivity contribution in [3.05, 3.63) is 60.2 Å². The van der Waals surface area contributed by atoms with E-state index in [1.165, 1.54) is 7.11 Å². The molecule has 0 aromatic heterocycles. The van der Waals surface area contributed by atoms with Gasteiger partial charge in [0, 0.05) is 12.7 Å². The molecule has 0 heterocycles. The van der Waals surface area contributed by atoms with Crippen LogP contribution in [0.2, 0.25) is 0 Å². The van der Waals surface area contributed by atoms with E-state index in [-0.39, 0.29) is 11.9 Å². The molecule has 0 saturated heterocycles. The van der Waals surface area contributed by atoms with Crippen LogP contribution in [0.1, 0.15) is 28.9 Å². The SMILES string of the molecule is C=CCOc1ccc(C(=O)NC(C)c2ccc(OCCOC)c(OC)c2)cc1OC. The number of methoxy groups -OCH3 is 3. The van der Waals surface area contributed by atoms with Gasteiger partial charge in [0.05, 0.1) is 26.9 Å². The van der Waals surface area contributed by atoms with Crippen molar-refractivity contribution in [1.29, 1.82) is 0 Å². The van der Waals surface area contributed by atoms with E-state index >= 15 is 0 Å². The Bertz CT molecular complexity index is 852. The Labute approximate surface area is 177 Å². The highest BCUT2D eigenvalue weighted by Gasteiger charge is 2.16. The lowest BCUT2D eigenvalue weighted by Crippen LogP contribution is -2.26. The van der Waals surface area contributed by atoms with E-state index in [9.17, 15) is 4.79 Å². The fraction of sp³-hybridized carbons (Fsp3) is 0.348. The molecule has 1 atom stereocenters. The van der Waals surface area contributed by atoms with E-state index < -0.39 is 0 Å². The molecule has 0 aliphatic carbocycles. The lowest BCUT2D eigenvalue weighted by molar-refractivity contribution is 0.0939. The lowest BCUT2D eigenvalue weighted by Gasteiger charge is -2.18. The van der Waals surface area contributed by atoms with Crippen molar-refractivity contribution in [1.82, 2.24) is 5.32 Å². The average molecular weight is 415 g/mol. The monoisotopic (exact) mass is 415 g/mol. The molecule has 30 heavy (non-hydrogen) atoms. The molecule has 7 heteroatoms. The van der Waals surface area contributed by atoms with Gasteiger partial charge in [-0.1, -0.05) is 18.7 Å². The molecular weight excluding hydrogens is 386 g/mol. The second-order valence-electron chi connectivity index (χ2n) is 6.41. The summed E-state index contributed by atoms with van der Waals surface area (Å²) in [5.74, 6) is 2.02. The molecule has 0 bridgehead atoms. The Morgan fingerprint density at radius 3 is 2.30 bits per heavy atom. The van der Waals surface area contributed by atoms with Gasteiger partial charge in [0.2, 0.25) is 0 Å². The van der Waals surface area contributed by atoms with Crippen molar-refractivity contribution in [3.63, 3.8) is 0 Å². The van der Waals surface area contributed by atoms with E-state index in [1.54, 1.807) is 38.5 Å². The largest absolute Gasteiger partial charge is 0.493 e. The summed E-state index contributed by atoms with van der Waals surface area (Å²) < 4.78 is 26.9. The summed E-state index contributed by atoms with van der Waals surface area (Å²) in [4.78, 5) is 12.7. The van der Waals surface area contributed by atoms with Crippen molar-refractivity contribution in [2.24, 2.45) is 0 Å². The predicted octanol–water partition coefficient (Wildman–Crippen LogP) is 3.78. The first kappa shape index (κ1) is 23.1. The number of hydrogen-bond acceptors (Lipinski definition) is 6. The number of amides is 1. The van der Waals surface area contributed by atoms with Crippen LogP contribution in [0.4, 0.5) is 0 Å². The zero-order valence-corrected chi connectivity index (χ0v) is 17.9. The van der Waals surface area contributed by atoms with Crippen LogP contribution < -0.4 is 24.3 Å². The highest BCUT2D eigenvalue weighted by molar-refractivity contribution is 5.95. The highest BCUT2D eigenvalue weighted by Crippen LogP contribution is 2.31. The third kappa shape index (κ3) is 6.15. The minimum Gasteiger partial charge on any atom is -0.493 e. The molecule has 0 aliphatic rings. The Balaban J connectivity index is 2.10. The van der Waals surface area contributed by atoms with Crippen LogP contribution in [0, 0.1) is 0 Å². The number of carbonyl (C=O) groups excluding carboxylic acids is 1. The molecule has 2 aromatic carbocycles. The number of ether oxygens (including phenoxy) is 5. The van der Waals surface area contributed by atoms with Crippen molar-refractivity contribution in [3.8, 4) is 23.0 Å². The summed E-state index contributed by atoms with van der Waals surface area (Å²) in [6, 6.07) is 10.4. The van der Waals surface area contributed by atoms with Crippen molar-refractivity contribution >= 4 is 5.91 Å². The van der Waals surface area contributed by atoms with Gasteiger partial charge in [0.15, 0.2) is 23.0 Å². The number of nitrogens with one attached hydrogen (secondary N) is 1. The number of rotatable bonds is 12. The van der Waals surface area contributed by atoms with Crippen LogP contribution in [0.3, 0.4) is 0 Å². The maximum absolute atomic E-state index is 12.7. The summed E-state index contributed by atoms with van der Waals surface area (Å²) in [6.45, 7) is 6.78. The number of hydrogen-bond donors (Lipinski definition) is 1. The molecule has 162 valence electrons. The van der Waals surface area contributed by atoms with Gasteiger partial charge < -0.3 is 29.0 Å². The van der Waals surface area contributed by atoms with Crippen molar-refractivity contribution in [2.45, 2.75) is 13.0 Å². The van der Waals surface area contributed by atoms with Gasteiger partial charge in [-0.3, -0.25) is 4.79 Å². The van der Waals surface area contributed by atoms with E-state index in [0.29, 0.717) is 48.4 Å². The minimum atomic E-state index is -0.248. The first-order chi connectivity index (χ1) is 14.5. The number of carbonyl (C=O) groups is 1. The zero-order chi connectivity index (χ0) is 21.9. The van der Waals surface area contributed by atoms with Gasteiger partial charge in [-0.05, 0) is 42.8 Å². The first-order valence-electron chi connectivity index (χ1n) is 9.56. The zero-order valence-electron chi connectivity index (χ0n) is 17.9. The Kier molecular flexibility index (Phi) is 9.03. The normalized spacial score (nSPS) is 11.3. The maximum Gasteiger partial charge on any atom is 0.251 e. The molecule has 2 rings (SSSR count). The summed E-state index contributed by atoms with van der Waals surface area (Å²) in [5, 5.41) is 2.98. The smallest absolute Gasteiger partial charge is 0.251 e. The molecule has 1 amide bonds. The molecule has 2 aromatic rings. The van der Waals surface area contributed by atoms with E-state index in [2.05, 4.69) is 11.9 Å². The van der Waals surface area contributed by atoms with Gasteiger partial charge in [0.1, 0.15) is 13.2 Å². The molecule has 0 radical (unpaired) electrons. The third-order valence-electron chi connectivity index (χ3n) is 4.36. The van der Waals surface area contributed by atoms with Crippen LogP contribution in [-0.4, -0.2) is 47.1 Å². The summed E-state index contributed by atoms with van der Waals surface area (Å²) in [5.41, 5.74) is 1.35. The van der Waals surface area contributed by atoms with Crippen LogP contribution in [0.5, 0.6) is 23.0 Å². The maximum atomic E-state index is 12.7. The van der Waals surface area contributed by atoms with Gasteiger partial charge in [-0.2, -0.15) is 0 Å². The standard InChI is InChI=1S/C23H29NO6/c1-6-11-29-19-10-8-18(15-22(19)28-5)23(25)24-16(2)17-7-9-20(21(14-17)27-4)30-13-12-26-3/h6-10,14-16H,1,11-13H2,2-5H3,(H,24,25). The van der Waals surface area contributed by atoms with E-state index in [0.717, 1.165) is 5.56 Å². The van der Waals surface area contributed by atoms with Crippen LogP contribution >= 0.6 is 0 Å². The molecule has 0 aliphatic heterocycles. The molecule has 7 nitrogen and oxygen atoms in total. The Morgan fingerprint density at radius 1 is 0.967 bits per heavy atom. The third-order valence-corrected chi connectivity index (χ3v) is 4.36. The molecule has 0 fully saturated rings. The average Bonchev–Trinajstić information content (AvgIpc) is 2.77. The second-order valence-corrected chi connectivity index (χ2v) is 6.41. The van der Waals surface area contributed by atoms with Crippen molar-refractivity contribution < 1.29 is 28.5 Å². The lowest BCUT2D eigenvalue weighted by atomic mass is 10.1. The second kappa shape index (κ2) is 11.7. The van der Waals surface area contributed by atoms with E-state index in [4.69, 9.17) is 23.7 Å². The fourth-order valence-corrected chi connectivity index (χ4v) is 2.75.